The van der Waals surface area contributed by atoms with Crippen molar-refractivity contribution in [2.75, 3.05) is 18.4 Å². The molecule has 0 spiro atoms. The SMILES string of the molecule is O=C(NC1CC1)c1ccc(Nc2nc3cccc(-c4ccc(CN5CCC(F)(F)CC5)c(F)c4)n3n2)cc1. The normalized spacial score (nSPS) is 17.4. The van der Waals surface area contributed by atoms with Gasteiger partial charge in [0.15, 0.2) is 5.65 Å². The second kappa shape index (κ2) is 9.75. The van der Waals surface area contributed by atoms with Crippen LogP contribution in [-0.4, -0.2) is 50.5 Å². The number of nitrogens with one attached hydrogen (secondary N) is 2. The van der Waals surface area contributed by atoms with Crippen molar-refractivity contribution in [3.8, 4) is 11.3 Å². The number of pyridine rings is 1. The Morgan fingerprint density at radius 2 is 1.79 bits per heavy atom. The summed E-state index contributed by atoms with van der Waals surface area (Å²) in [4.78, 5) is 18.6. The number of carbonyl (C=O) groups excluding carboxylic acids is 1. The lowest BCUT2D eigenvalue weighted by molar-refractivity contribution is -0.0567. The van der Waals surface area contributed by atoms with Gasteiger partial charge >= 0.3 is 0 Å². The Labute approximate surface area is 217 Å². The Balaban J connectivity index is 1.18. The molecule has 7 nitrogen and oxygen atoms in total. The molecule has 0 atom stereocenters. The van der Waals surface area contributed by atoms with Crippen LogP contribution in [0.4, 0.5) is 24.8 Å². The number of anilines is 2. The number of benzene rings is 2. The Morgan fingerprint density at radius 3 is 2.50 bits per heavy atom. The maximum absolute atomic E-state index is 15.0. The van der Waals surface area contributed by atoms with Crippen molar-refractivity contribution in [1.29, 1.82) is 0 Å². The van der Waals surface area contributed by atoms with E-state index < -0.39 is 5.92 Å². The fourth-order valence-electron chi connectivity index (χ4n) is 4.62. The van der Waals surface area contributed by atoms with Gasteiger partial charge in [0.05, 0.1) is 5.69 Å². The highest BCUT2D eigenvalue weighted by molar-refractivity contribution is 5.95. The summed E-state index contributed by atoms with van der Waals surface area (Å²) in [5.41, 5.74) is 3.68. The van der Waals surface area contributed by atoms with E-state index >= 15 is 4.39 Å². The van der Waals surface area contributed by atoms with Gasteiger partial charge in [-0.2, -0.15) is 4.98 Å². The van der Waals surface area contributed by atoms with Crippen molar-refractivity contribution in [3.05, 3.63) is 77.6 Å². The van der Waals surface area contributed by atoms with E-state index in [0.717, 1.165) is 18.5 Å². The first kappa shape index (κ1) is 24.4. The van der Waals surface area contributed by atoms with E-state index in [4.69, 9.17) is 0 Å². The van der Waals surface area contributed by atoms with Crippen LogP contribution in [0.3, 0.4) is 0 Å². The summed E-state index contributed by atoms with van der Waals surface area (Å²) in [5.74, 6) is -2.73. The molecule has 0 radical (unpaired) electrons. The van der Waals surface area contributed by atoms with E-state index in [1.165, 1.54) is 6.07 Å². The van der Waals surface area contributed by atoms with Crippen molar-refractivity contribution in [2.24, 2.45) is 0 Å². The molecular weight excluding hydrogens is 493 g/mol. The van der Waals surface area contributed by atoms with E-state index in [-0.39, 0.29) is 37.7 Å². The summed E-state index contributed by atoms with van der Waals surface area (Å²) < 4.78 is 43.6. The summed E-state index contributed by atoms with van der Waals surface area (Å²) in [6, 6.07) is 17.8. The highest BCUT2D eigenvalue weighted by Crippen LogP contribution is 2.30. The number of alkyl halides is 2. The first-order valence-electron chi connectivity index (χ1n) is 12.8. The number of likely N-dealkylation sites (tertiary alicyclic amines) is 1. The van der Waals surface area contributed by atoms with Gasteiger partial charge in [0.25, 0.3) is 11.8 Å². The minimum Gasteiger partial charge on any atom is -0.349 e. The Hall–Kier alpha value is -3.92. The van der Waals surface area contributed by atoms with Gasteiger partial charge in [-0.1, -0.05) is 18.2 Å². The molecule has 1 aliphatic heterocycles. The van der Waals surface area contributed by atoms with Gasteiger partial charge in [-0.3, -0.25) is 9.69 Å². The van der Waals surface area contributed by atoms with Gasteiger partial charge < -0.3 is 10.6 Å². The molecule has 0 bridgehead atoms. The zero-order valence-electron chi connectivity index (χ0n) is 20.6. The van der Waals surface area contributed by atoms with E-state index in [9.17, 15) is 13.6 Å². The number of aromatic nitrogens is 3. The number of hydrogen-bond acceptors (Lipinski definition) is 5. The van der Waals surface area contributed by atoms with Crippen LogP contribution < -0.4 is 10.6 Å². The zero-order chi connectivity index (χ0) is 26.3. The largest absolute Gasteiger partial charge is 0.349 e. The molecule has 196 valence electrons. The first-order valence-corrected chi connectivity index (χ1v) is 12.8. The third kappa shape index (κ3) is 5.35. The molecule has 3 heterocycles. The number of halogens is 3. The number of fused-ring (bicyclic) bond motifs is 1. The lowest BCUT2D eigenvalue weighted by Crippen LogP contribution is -2.38. The maximum atomic E-state index is 15.0. The molecule has 0 unspecified atom stereocenters. The maximum Gasteiger partial charge on any atom is 0.251 e. The molecule has 1 amide bonds. The van der Waals surface area contributed by atoms with Crippen LogP contribution in [0.5, 0.6) is 0 Å². The summed E-state index contributed by atoms with van der Waals surface area (Å²) in [6.07, 6.45) is 1.67. The quantitative estimate of drug-likeness (QED) is 0.341. The highest BCUT2D eigenvalue weighted by atomic mass is 19.3. The number of piperidine rings is 1. The Kier molecular flexibility index (Phi) is 6.27. The number of hydrogen-bond donors (Lipinski definition) is 2. The summed E-state index contributed by atoms with van der Waals surface area (Å²) in [5, 5.41) is 10.7. The van der Waals surface area contributed by atoms with Crippen LogP contribution in [0, 0.1) is 5.82 Å². The predicted octanol–water partition coefficient (Wildman–Crippen LogP) is 5.40. The number of amides is 1. The highest BCUT2D eigenvalue weighted by Gasteiger charge is 2.34. The molecular formula is C28H27F3N6O. The zero-order valence-corrected chi connectivity index (χ0v) is 20.6. The molecule has 10 heteroatoms. The molecule has 2 aromatic carbocycles. The fraction of sp³-hybridized carbons (Fsp3) is 0.321. The third-order valence-electron chi connectivity index (χ3n) is 7.01. The van der Waals surface area contributed by atoms with Gasteiger partial charge in [0.2, 0.25) is 5.95 Å². The topological polar surface area (TPSA) is 74.6 Å². The summed E-state index contributed by atoms with van der Waals surface area (Å²) >= 11 is 0. The Morgan fingerprint density at radius 1 is 1.03 bits per heavy atom. The molecule has 6 rings (SSSR count). The van der Waals surface area contributed by atoms with Crippen LogP contribution in [0.1, 0.15) is 41.6 Å². The predicted molar refractivity (Wildman–Crippen MR) is 138 cm³/mol. The smallest absolute Gasteiger partial charge is 0.251 e. The number of rotatable bonds is 7. The molecule has 1 aliphatic carbocycles. The molecule has 1 saturated carbocycles. The second-order valence-corrected chi connectivity index (χ2v) is 10.0. The van der Waals surface area contributed by atoms with Crippen molar-refractivity contribution in [3.63, 3.8) is 0 Å². The van der Waals surface area contributed by atoms with Crippen molar-refractivity contribution in [1.82, 2.24) is 24.8 Å². The molecule has 2 N–H and O–H groups in total. The second-order valence-electron chi connectivity index (χ2n) is 10.0. The molecule has 2 aliphatic rings. The Bertz CT molecular complexity index is 1470. The molecule has 4 aromatic rings. The molecule has 1 saturated heterocycles. The molecule has 2 aromatic heterocycles. The van der Waals surface area contributed by atoms with Crippen LogP contribution in [0.15, 0.2) is 60.7 Å². The average Bonchev–Trinajstić information content (AvgIpc) is 3.62. The monoisotopic (exact) mass is 520 g/mol. The van der Waals surface area contributed by atoms with Gasteiger partial charge in [-0.05, 0) is 55.3 Å². The third-order valence-corrected chi connectivity index (χ3v) is 7.01. The number of nitrogens with zero attached hydrogens (tertiary/aromatic N) is 4. The minimum absolute atomic E-state index is 0.0784. The van der Waals surface area contributed by atoms with Gasteiger partial charge in [0, 0.05) is 60.9 Å². The first-order chi connectivity index (χ1) is 18.3. The van der Waals surface area contributed by atoms with E-state index in [0.29, 0.717) is 46.6 Å². The fourth-order valence-corrected chi connectivity index (χ4v) is 4.62. The van der Waals surface area contributed by atoms with Crippen LogP contribution >= 0.6 is 0 Å². The van der Waals surface area contributed by atoms with E-state index in [2.05, 4.69) is 20.7 Å². The van der Waals surface area contributed by atoms with Crippen molar-refractivity contribution in [2.45, 2.75) is 44.2 Å². The van der Waals surface area contributed by atoms with Crippen molar-refractivity contribution < 1.29 is 18.0 Å². The summed E-state index contributed by atoms with van der Waals surface area (Å²) in [6.45, 7) is 0.794. The van der Waals surface area contributed by atoms with E-state index in [1.54, 1.807) is 34.8 Å². The van der Waals surface area contributed by atoms with Gasteiger partial charge in [-0.25, -0.2) is 17.7 Å². The molecule has 38 heavy (non-hydrogen) atoms. The van der Waals surface area contributed by atoms with Crippen LogP contribution in [0.2, 0.25) is 0 Å². The number of carbonyl (C=O) groups is 1. The van der Waals surface area contributed by atoms with Crippen molar-refractivity contribution >= 4 is 23.2 Å². The minimum atomic E-state index is -2.63. The molecule has 2 fully saturated rings. The van der Waals surface area contributed by atoms with Gasteiger partial charge in [0.1, 0.15) is 5.82 Å². The standard InChI is InChI=1S/C28H27F3N6O/c29-23-16-19(4-5-20(23)17-36-14-12-28(30,31)13-15-36)24-2-1-3-25-34-27(35-37(24)25)33-22-8-6-18(7-9-22)26(38)32-21-10-11-21/h1-9,16,21H,10-15,17H2,(H,32,38)(H,33,35). The van der Waals surface area contributed by atoms with E-state index in [1.807, 2.05) is 29.2 Å². The average molecular weight is 521 g/mol. The lowest BCUT2D eigenvalue weighted by Gasteiger charge is -2.31. The van der Waals surface area contributed by atoms with Crippen LogP contribution in [0.25, 0.3) is 16.9 Å². The lowest BCUT2D eigenvalue weighted by atomic mass is 10.0. The van der Waals surface area contributed by atoms with Gasteiger partial charge in [-0.15, -0.1) is 5.10 Å². The van der Waals surface area contributed by atoms with Crippen LogP contribution in [-0.2, 0) is 6.54 Å². The summed E-state index contributed by atoms with van der Waals surface area (Å²) in [7, 11) is 0.